The predicted octanol–water partition coefficient (Wildman–Crippen LogP) is 5.40. The molecule has 6 rings (SSSR count). The first-order valence-corrected chi connectivity index (χ1v) is 13.2. The summed E-state index contributed by atoms with van der Waals surface area (Å²) in [4.78, 5) is 14.9. The Kier molecular flexibility index (Phi) is 5.55. The van der Waals surface area contributed by atoms with Crippen LogP contribution in [0, 0.1) is 46.7 Å². The standard InChI is InChI=1S/C27H34F3N3O2/c1-26-10-8-18-17-9-11-27(35,25(29)30)13-15(17)2-4-19(18)20(26)5-6-21(26)24(34)14-33-31-22-7-3-16(28)12-23(22)32-33/h3,7,12,15,17-21,25,35H,2,4-6,8-11,13-14H2,1H3/t15-,17?,18-,19-,20+,21-,26+,27-/m1/s1. The van der Waals surface area contributed by atoms with Gasteiger partial charge in [0.1, 0.15) is 29.0 Å². The van der Waals surface area contributed by atoms with E-state index in [9.17, 15) is 23.1 Å². The SMILES string of the molecule is C[C@]12CC[C@@H]3C4CC[C@](O)(C(F)F)C[C@H]4CC[C@H]3[C@@H]1CC[C@@H]2C(=O)Cn1nc2ccc(F)cc2n1. The molecule has 0 aliphatic heterocycles. The largest absolute Gasteiger partial charge is 0.384 e. The molecule has 1 aromatic heterocycles. The van der Waals surface area contributed by atoms with Gasteiger partial charge in [0.2, 0.25) is 0 Å². The Morgan fingerprint density at radius 2 is 1.83 bits per heavy atom. The molecule has 2 aromatic rings. The van der Waals surface area contributed by atoms with Crippen molar-refractivity contribution in [2.75, 3.05) is 0 Å². The van der Waals surface area contributed by atoms with Gasteiger partial charge in [-0.3, -0.25) is 4.79 Å². The Morgan fingerprint density at radius 1 is 1.06 bits per heavy atom. The Hall–Kier alpha value is -1.96. The van der Waals surface area contributed by atoms with E-state index in [1.54, 1.807) is 6.07 Å². The summed E-state index contributed by atoms with van der Waals surface area (Å²) in [6.45, 7) is 2.39. The maximum Gasteiger partial charge on any atom is 0.266 e. The van der Waals surface area contributed by atoms with E-state index < -0.39 is 12.0 Å². The number of benzene rings is 1. The molecule has 190 valence electrons. The first kappa shape index (κ1) is 23.4. The lowest BCUT2D eigenvalue weighted by molar-refractivity contribution is -0.160. The minimum Gasteiger partial charge on any atom is -0.384 e. The maximum absolute atomic E-state index is 13.5. The van der Waals surface area contributed by atoms with Gasteiger partial charge in [0, 0.05) is 12.0 Å². The van der Waals surface area contributed by atoms with Gasteiger partial charge in [0.05, 0.1) is 0 Å². The molecule has 8 heteroatoms. The highest BCUT2D eigenvalue weighted by Gasteiger charge is 2.59. The van der Waals surface area contributed by atoms with E-state index >= 15 is 0 Å². The number of ketones is 1. The van der Waals surface area contributed by atoms with Crippen LogP contribution in [0.5, 0.6) is 0 Å². The van der Waals surface area contributed by atoms with Gasteiger partial charge in [0.15, 0.2) is 5.78 Å². The maximum atomic E-state index is 13.5. The van der Waals surface area contributed by atoms with Crippen LogP contribution < -0.4 is 0 Å². The molecule has 1 heterocycles. The fourth-order valence-corrected chi connectivity index (χ4v) is 8.89. The van der Waals surface area contributed by atoms with Gasteiger partial charge in [-0.2, -0.15) is 15.0 Å². The zero-order valence-electron chi connectivity index (χ0n) is 20.2. The van der Waals surface area contributed by atoms with Crippen molar-refractivity contribution in [2.24, 2.45) is 40.9 Å². The van der Waals surface area contributed by atoms with E-state index in [4.69, 9.17) is 0 Å². The van der Waals surface area contributed by atoms with E-state index in [-0.39, 0.29) is 48.2 Å². The molecule has 0 saturated heterocycles. The highest BCUT2D eigenvalue weighted by molar-refractivity contribution is 5.82. The lowest BCUT2D eigenvalue weighted by atomic mass is 9.49. The van der Waals surface area contributed by atoms with E-state index in [2.05, 4.69) is 17.1 Å². The van der Waals surface area contributed by atoms with Crippen molar-refractivity contribution in [1.82, 2.24) is 15.0 Å². The van der Waals surface area contributed by atoms with Gasteiger partial charge in [-0.25, -0.2) is 13.2 Å². The van der Waals surface area contributed by atoms with Gasteiger partial charge in [-0.1, -0.05) is 6.92 Å². The minimum atomic E-state index is -2.67. The first-order valence-electron chi connectivity index (χ1n) is 13.2. The number of rotatable bonds is 4. The molecule has 0 amide bonds. The third kappa shape index (κ3) is 3.73. The zero-order chi connectivity index (χ0) is 24.5. The third-order valence-corrected chi connectivity index (χ3v) is 10.5. The fraction of sp³-hybridized carbons (Fsp3) is 0.741. The van der Waals surface area contributed by atoms with Crippen molar-refractivity contribution in [3.05, 3.63) is 24.0 Å². The molecule has 0 bridgehead atoms. The summed E-state index contributed by atoms with van der Waals surface area (Å²) in [6, 6.07) is 4.26. The number of aromatic nitrogens is 3. The summed E-state index contributed by atoms with van der Waals surface area (Å²) in [5.41, 5.74) is -0.823. The number of carbonyl (C=O) groups excluding carboxylic acids is 1. The van der Waals surface area contributed by atoms with Crippen LogP contribution >= 0.6 is 0 Å². The number of hydrogen-bond donors (Lipinski definition) is 1. The summed E-state index contributed by atoms with van der Waals surface area (Å²) >= 11 is 0. The van der Waals surface area contributed by atoms with Gasteiger partial charge >= 0.3 is 0 Å². The van der Waals surface area contributed by atoms with Crippen molar-refractivity contribution in [2.45, 2.75) is 83.3 Å². The van der Waals surface area contributed by atoms with Gasteiger partial charge < -0.3 is 5.11 Å². The molecule has 35 heavy (non-hydrogen) atoms. The van der Waals surface area contributed by atoms with Crippen LogP contribution in [-0.4, -0.2) is 37.9 Å². The number of Topliss-reactive ketones (excluding diaryl/α,β-unsaturated/α-hetero) is 1. The van der Waals surface area contributed by atoms with E-state index in [0.717, 1.165) is 38.5 Å². The van der Waals surface area contributed by atoms with Crippen LogP contribution in [0.4, 0.5) is 13.2 Å². The Bertz CT molecular complexity index is 1140. The number of nitrogens with zero attached hydrogens (tertiary/aromatic N) is 3. The quantitative estimate of drug-likeness (QED) is 0.624. The molecular weight excluding hydrogens is 455 g/mol. The van der Waals surface area contributed by atoms with Crippen molar-refractivity contribution >= 4 is 16.8 Å². The lowest BCUT2D eigenvalue weighted by Crippen LogP contribution is -2.53. The average Bonchev–Trinajstić information content (AvgIpc) is 3.38. The van der Waals surface area contributed by atoms with Gasteiger partial charge in [-0.05, 0) is 105 Å². The summed E-state index contributed by atoms with van der Waals surface area (Å²) in [7, 11) is 0. The topological polar surface area (TPSA) is 68.0 Å². The molecule has 8 atom stereocenters. The van der Waals surface area contributed by atoms with Crippen LogP contribution in [0.2, 0.25) is 0 Å². The van der Waals surface area contributed by atoms with Crippen LogP contribution in [-0.2, 0) is 11.3 Å². The van der Waals surface area contributed by atoms with E-state index in [1.807, 2.05) is 0 Å². The second kappa shape index (κ2) is 8.29. The van der Waals surface area contributed by atoms with Crippen molar-refractivity contribution in [1.29, 1.82) is 0 Å². The van der Waals surface area contributed by atoms with Crippen LogP contribution in [0.3, 0.4) is 0 Å². The average molecular weight is 490 g/mol. The molecule has 4 aliphatic carbocycles. The molecular formula is C27H34F3N3O2. The molecule has 4 aliphatic rings. The van der Waals surface area contributed by atoms with Gasteiger partial charge in [0.25, 0.3) is 6.43 Å². The molecule has 5 nitrogen and oxygen atoms in total. The number of aliphatic hydroxyl groups is 1. The van der Waals surface area contributed by atoms with Crippen LogP contribution in [0.25, 0.3) is 11.0 Å². The van der Waals surface area contributed by atoms with E-state index in [1.165, 1.54) is 16.9 Å². The second-order valence-corrected chi connectivity index (χ2v) is 12.1. The van der Waals surface area contributed by atoms with Gasteiger partial charge in [-0.15, -0.1) is 0 Å². The van der Waals surface area contributed by atoms with Crippen molar-refractivity contribution < 1.29 is 23.1 Å². The minimum absolute atomic E-state index is 0.0349. The molecule has 0 spiro atoms. The number of carbonyl (C=O) groups is 1. The molecule has 4 saturated carbocycles. The summed E-state index contributed by atoms with van der Waals surface area (Å²) in [6.07, 6.45) is 4.32. The predicted molar refractivity (Wildman–Crippen MR) is 124 cm³/mol. The first-order chi connectivity index (χ1) is 16.7. The molecule has 1 aromatic carbocycles. The van der Waals surface area contributed by atoms with Crippen molar-refractivity contribution in [3.63, 3.8) is 0 Å². The molecule has 4 fully saturated rings. The summed E-state index contributed by atoms with van der Waals surface area (Å²) in [5.74, 6) is 1.91. The zero-order valence-corrected chi connectivity index (χ0v) is 20.2. The number of alkyl halides is 2. The highest BCUT2D eigenvalue weighted by atomic mass is 19.3. The number of fused-ring (bicyclic) bond motifs is 6. The Balaban J connectivity index is 1.16. The Labute approximate surface area is 203 Å². The number of halogens is 3. The molecule has 1 unspecified atom stereocenters. The number of hydrogen-bond acceptors (Lipinski definition) is 4. The smallest absolute Gasteiger partial charge is 0.266 e. The normalized spacial score (nSPS) is 41.0. The lowest BCUT2D eigenvalue weighted by Gasteiger charge is -2.57. The van der Waals surface area contributed by atoms with Crippen LogP contribution in [0.1, 0.15) is 64.7 Å². The van der Waals surface area contributed by atoms with Crippen LogP contribution in [0.15, 0.2) is 18.2 Å². The second-order valence-electron chi connectivity index (χ2n) is 12.1. The highest BCUT2D eigenvalue weighted by Crippen LogP contribution is 2.65. The van der Waals surface area contributed by atoms with E-state index in [0.29, 0.717) is 41.1 Å². The summed E-state index contributed by atoms with van der Waals surface area (Å²) in [5, 5.41) is 19.1. The fourth-order valence-electron chi connectivity index (χ4n) is 8.89. The summed E-state index contributed by atoms with van der Waals surface area (Å²) < 4.78 is 40.4. The molecule has 1 N–H and O–H groups in total. The van der Waals surface area contributed by atoms with Crippen molar-refractivity contribution in [3.8, 4) is 0 Å². The third-order valence-electron chi connectivity index (χ3n) is 10.5. The Morgan fingerprint density at radius 3 is 2.63 bits per heavy atom. The molecule has 0 radical (unpaired) electrons. The monoisotopic (exact) mass is 489 g/mol.